The third kappa shape index (κ3) is 2.74. The lowest BCUT2D eigenvalue weighted by atomic mass is 9.98. The van der Waals surface area contributed by atoms with Crippen molar-refractivity contribution in [1.82, 2.24) is 10.2 Å². The second kappa shape index (κ2) is 6.82. The minimum Gasteiger partial charge on any atom is -0.450 e. The maximum Gasteiger partial charge on any atom is 0.297 e. The van der Waals surface area contributed by atoms with Crippen LogP contribution >= 0.6 is 27.3 Å². The zero-order chi connectivity index (χ0) is 21.0. The highest BCUT2D eigenvalue weighted by molar-refractivity contribution is 9.10. The van der Waals surface area contributed by atoms with Gasteiger partial charge < -0.3 is 4.42 Å². The van der Waals surface area contributed by atoms with Crippen LogP contribution in [0.5, 0.6) is 0 Å². The Hall–Kier alpha value is -3.44. The van der Waals surface area contributed by atoms with Crippen molar-refractivity contribution in [3.8, 4) is 0 Å². The van der Waals surface area contributed by atoms with Crippen LogP contribution in [-0.2, 0) is 0 Å². The number of nitro benzene ring substituents is 1. The molecule has 0 spiro atoms. The number of nitro groups is 1. The van der Waals surface area contributed by atoms with Crippen LogP contribution in [0.3, 0.4) is 0 Å². The van der Waals surface area contributed by atoms with Gasteiger partial charge in [-0.2, -0.15) is 0 Å². The smallest absolute Gasteiger partial charge is 0.297 e. The third-order valence-electron chi connectivity index (χ3n) is 4.78. The van der Waals surface area contributed by atoms with Crippen LogP contribution in [-0.4, -0.2) is 21.0 Å². The van der Waals surface area contributed by atoms with E-state index < -0.39 is 16.9 Å². The standard InChI is InChI=1S/C19H9BrN4O5S/c20-10-4-5-13-12(7-10)16(25)14-15(9-2-1-3-11(6-9)24(27)28)23(18(26)17(14)29-13)19-22-21-8-30-19/h1-8,15H. The van der Waals surface area contributed by atoms with E-state index in [0.29, 0.717) is 15.4 Å². The molecule has 5 rings (SSSR count). The van der Waals surface area contributed by atoms with Crippen LogP contribution in [0.1, 0.15) is 27.7 Å². The Labute approximate surface area is 179 Å². The molecule has 3 heterocycles. The lowest BCUT2D eigenvalue weighted by molar-refractivity contribution is -0.384. The average Bonchev–Trinajstić information content (AvgIpc) is 3.35. The first-order valence-electron chi connectivity index (χ1n) is 8.56. The molecule has 0 radical (unpaired) electrons. The topological polar surface area (TPSA) is 119 Å². The van der Waals surface area contributed by atoms with E-state index in [0.717, 1.165) is 11.3 Å². The van der Waals surface area contributed by atoms with Gasteiger partial charge in [0.25, 0.3) is 11.6 Å². The summed E-state index contributed by atoms with van der Waals surface area (Å²) in [6.45, 7) is 0. The van der Waals surface area contributed by atoms with E-state index in [1.54, 1.807) is 24.3 Å². The van der Waals surface area contributed by atoms with Crippen molar-refractivity contribution in [2.45, 2.75) is 6.04 Å². The number of non-ortho nitro benzene ring substituents is 1. The summed E-state index contributed by atoms with van der Waals surface area (Å²) in [6, 6.07) is 9.81. The van der Waals surface area contributed by atoms with E-state index in [2.05, 4.69) is 26.1 Å². The first-order chi connectivity index (χ1) is 14.5. The Morgan fingerprint density at radius 2 is 2.03 bits per heavy atom. The minimum absolute atomic E-state index is 0.110. The van der Waals surface area contributed by atoms with E-state index in [9.17, 15) is 19.7 Å². The molecule has 2 aromatic carbocycles. The zero-order valence-corrected chi connectivity index (χ0v) is 17.2. The van der Waals surface area contributed by atoms with Crippen LogP contribution < -0.4 is 10.3 Å². The summed E-state index contributed by atoms with van der Waals surface area (Å²) >= 11 is 4.45. The van der Waals surface area contributed by atoms with Gasteiger partial charge in [0.05, 0.1) is 21.9 Å². The number of nitrogens with zero attached hydrogens (tertiary/aromatic N) is 4. The molecule has 1 aliphatic rings. The summed E-state index contributed by atoms with van der Waals surface area (Å²) in [5, 5.41) is 19.6. The molecular weight excluding hydrogens is 476 g/mol. The second-order valence-electron chi connectivity index (χ2n) is 6.47. The maximum atomic E-state index is 13.4. The molecule has 2 aromatic heterocycles. The van der Waals surface area contributed by atoms with Crippen LogP contribution in [0, 0.1) is 10.1 Å². The first kappa shape index (κ1) is 18.6. The van der Waals surface area contributed by atoms with Gasteiger partial charge in [0, 0.05) is 16.6 Å². The van der Waals surface area contributed by atoms with Gasteiger partial charge in [-0.05, 0) is 23.8 Å². The predicted molar refractivity (Wildman–Crippen MR) is 112 cm³/mol. The highest BCUT2D eigenvalue weighted by Crippen LogP contribution is 2.42. The Kier molecular flexibility index (Phi) is 4.22. The molecule has 4 aromatic rings. The number of carbonyl (C=O) groups is 1. The molecule has 148 valence electrons. The number of anilines is 1. The van der Waals surface area contributed by atoms with Gasteiger partial charge in [-0.3, -0.25) is 24.6 Å². The SMILES string of the molecule is O=C1c2oc3ccc(Br)cc3c(=O)c2C(c2cccc([N+](=O)[O-])c2)N1c1nncs1. The first-order valence-corrected chi connectivity index (χ1v) is 10.2. The number of hydrogen-bond donors (Lipinski definition) is 0. The van der Waals surface area contributed by atoms with Crippen molar-refractivity contribution in [3.63, 3.8) is 0 Å². The van der Waals surface area contributed by atoms with Gasteiger partial charge in [0.15, 0.2) is 5.43 Å². The van der Waals surface area contributed by atoms with Crippen molar-refractivity contribution in [2.75, 3.05) is 4.90 Å². The summed E-state index contributed by atoms with van der Waals surface area (Å²) in [5.74, 6) is -0.665. The molecule has 9 nitrogen and oxygen atoms in total. The highest BCUT2D eigenvalue weighted by Gasteiger charge is 2.45. The largest absolute Gasteiger partial charge is 0.450 e. The molecular formula is C19H9BrN4O5S. The van der Waals surface area contributed by atoms with E-state index in [4.69, 9.17) is 4.42 Å². The number of benzene rings is 2. The predicted octanol–water partition coefficient (Wildman–Crippen LogP) is 4.07. The number of amides is 1. The third-order valence-corrected chi connectivity index (χ3v) is 5.97. The number of carbonyl (C=O) groups excluding carboxylic acids is 1. The van der Waals surface area contributed by atoms with Crippen molar-refractivity contribution in [3.05, 3.63) is 89.7 Å². The van der Waals surface area contributed by atoms with Gasteiger partial charge in [-0.25, -0.2) is 0 Å². The van der Waals surface area contributed by atoms with E-state index in [1.165, 1.54) is 28.6 Å². The van der Waals surface area contributed by atoms with Gasteiger partial charge in [-0.1, -0.05) is 39.4 Å². The van der Waals surface area contributed by atoms with Crippen molar-refractivity contribution >= 4 is 55.0 Å². The number of hydrogen-bond acceptors (Lipinski definition) is 8. The molecule has 1 atom stereocenters. The maximum absolute atomic E-state index is 13.4. The van der Waals surface area contributed by atoms with Gasteiger partial charge in [0.2, 0.25) is 10.9 Å². The Balaban J connectivity index is 1.83. The van der Waals surface area contributed by atoms with Gasteiger partial charge in [0.1, 0.15) is 11.1 Å². The monoisotopic (exact) mass is 484 g/mol. The summed E-state index contributed by atoms with van der Waals surface area (Å²) < 4.78 is 6.50. The normalized spacial score (nSPS) is 15.6. The number of rotatable bonds is 3. The molecule has 1 amide bonds. The number of fused-ring (bicyclic) bond motifs is 2. The van der Waals surface area contributed by atoms with E-state index in [-0.39, 0.29) is 33.2 Å². The Morgan fingerprint density at radius 3 is 2.77 bits per heavy atom. The zero-order valence-electron chi connectivity index (χ0n) is 14.8. The van der Waals surface area contributed by atoms with Crippen LogP contribution in [0.25, 0.3) is 11.0 Å². The second-order valence-corrected chi connectivity index (χ2v) is 8.19. The van der Waals surface area contributed by atoms with Gasteiger partial charge >= 0.3 is 0 Å². The fourth-order valence-electron chi connectivity index (χ4n) is 3.54. The lowest BCUT2D eigenvalue weighted by Crippen LogP contribution is -2.29. The molecule has 0 saturated carbocycles. The molecule has 0 bridgehead atoms. The van der Waals surface area contributed by atoms with Gasteiger partial charge in [-0.15, -0.1) is 10.2 Å². The Morgan fingerprint density at radius 1 is 1.20 bits per heavy atom. The van der Waals surface area contributed by atoms with Crippen LogP contribution in [0.15, 0.2) is 61.7 Å². The van der Waals surface area contributed by atoms with Crippen molar-refractivity contribution in [2.24, 2.45) is 0 Å². The van der Waals surface area contributed by atoms with Crippen LogP contribution in [0.2, 0.25) is 0 Å². The van der Waals surface area contributed by atoms with Crippen molar-refractivity contribution in [1.29, 1.82) is 0 Å². The number of halogens is 1. The number of aromatic nitrogens is 2. The summed E-state index contributed by atoms with van der Waals surface area (Å²) in [5.41, 5.74) is 1.70. The summed E-state index contributed by atoms with van der Waals surface area (Å²) in [7, 11) is 0. The van der Waals surface area contributed by atoms with Crippen LogP contribution in [0.4, 0.5) is 10.8 Å². The molecule has 1 unspecified atom stereocenters. The minimum atomic E-state index is -0.931. The molecule has 1 aliphatic heterocycles. The molecule has 30 heavy (non-hydrogen) atoms. The summed E-state index contributed by atoms with van der Waals surface area (Å²) in [4.78, 5) is 38.7. The fraction of sp³-hybridized carbons (Fsp3) is 0.0526. The molecule has 0 saturated heterocycles. The molecule has 0 aliphatic carbocycles. The highest BCUT2D eigenvalue weighted by atomic mass is 79.9. The summed E-state index contributed by atoms with van der Waals surface area (Å²) in [6.07, 6.45) is 0. The lowest BCUT2D eigenvalue weighted by Gasteiger charge is -2.21. The van der Waals surface area contributed by atoms with E-state index >= 15 is 0 Å². The fourth-order valence-corrected chi connectivity index (χ4v) is 4.48. The van der Waals surface area contributed by atoms with E-state index in [1.807, 2.05) is 0 Å². The average molecular weight is 485 g/mol. The molecule has 0 N–H and O–H groups in total. The van der Waals surface area contributed by atoms with Crippen molar-refractivity contribution < 1.29 is 14.1 Å². The quantitative estimate of drug-likeness (QED) is 0.317. The molecule has 11 heteroatoms. The Bertz CT molecular complexity index is 1400. The molecule has 0 fully saturated rings.